The van der Waals surface area contributed by atoms with E-state index in [0.29, 0.717) is 5.69 Å². The lowest BCUT2D eigenvalue weighted by Gasteiger charge is -2.35. The Bertz CT molecular complexity index is 907. The summed E-state index contributed by atoms with van der Waals surface area (Å²) in [4.78, 5) is 34.4. The average Bonchev–Trinajstić information content (AvgIpc) is 2.86. The van der Waals surface area contributed by atoms with E-state index >= 15 is 0 Å². The van der Waals surface area contributed by atoms with E-state index in [2.05, 4.69) is 6.92 Å². The molecular formula is C23H25N3O2. The number of fused-ring (bicyclic) bond motifs is 1. The fraction of sp³-hybridized carbons (Fsp3) is 0.348. The minimum atomic E-state index is -0.0921. The minimum Gasteiger partial charge on any atom is -0.338 e. The molecule has 144 valence electrons. The number of nitrogens with zero attached hydrogens (tertiary/aromatic N) is 3. The standard InChI is InChI=1S/C23H25N3O2/c1-17-9-7-8-14-25(17)23(28)16-26-21-13-6-5-12-19(21)24-20(15-22(26)27)18-10-3-2-4-11-18/h2-6,10-13,17H,7-9,14-16H2,1H3. The van der Waals surface area contributed by atoms with Gasteiger partial charge in [0.15, 0.2) is 0 Å². The predicted molar refractivity (Wildman–Crippen MR) is 111 cm³/mol. The Morgan fingerprint density at radius 2 is 1.82 bits per heavy atom. The van der Waals surface area contributed by atoms with E-state index in [1.807, 2.05) is 59.5 Å². The zero-order valence-corrected chi connectivity index (χ0v) is 16.2. The highest BCUT2D eigenvalue weighted by molar-refractivity contribution is 6.18. The number of anilines is 1. The van der Waals surface area contributed by atoms with Crippen LogP contribution in [0, 0.1) is 0 Å². The zero-order chi connectivity index (χ0) is 19.5. The van der Waals surface area contributed by atoms with Crippen molar-refractivity contribution in [2.75, 3.05) is 18.0 Å². The maximum Gasteiger partial charge on any atom is 0.242 e. The van der Waals surface area contributed by atoms with Crippen LogP contribution in [0.1, 0.15) is 38.2 Å². The van der Waals surface area contributed by atoms with Crippen LogP contribution in [0.15, 0.2) is 59.6 Å². The Hall–Kier alpha value is -2.95. The second-order valence-electron chi connectivity index (χ2n) is 7.50. The van der Waals surface area contributed by atoms with Crippen LogP contribution >= 0.6 is 0 Å². The molecule has 0 aromatic heterocycles. The number of carbonyl (C=O) groups is 2. The molecule has 4 rings (SSSR count). The van der Waals surface area contributed by atoms with E-state index in [1.165, 1.54) is 0 Å². The summed E-state index contributed by atoms with van der Waals surface area (Å²) >= 11 is 0. The van der Waals surface area contributed by atoms with Crippen molar-refractivity contribution < 1.29 is 9.59 Å². The lowest BCUT2D eigenvalue weighted by molar-refractivity contribution is -0.134. The van der Waals surface area contributed by atoms with Crippen LogP contribution in [0.3, 0.4) is 0 Å². The third-order valence-corrected chi connectivity index (χ3v) is 5.57. The molecule has 1 unspecified atom stereocenters. The van der Waals surface area contributed by atoms with E-state index in [0.717, 1.165) is 42.8 Å². The van der Waals surface area contributed by atoms with Crippen LogP contribution in [0.25, 0.3) is 0 Å². The third kappa shape index (κ3) is 3.70. The Kier molecular flexibility index (Phi) is 5.24. The minimum absolute atomic E-state index is 0.0125. The van der Waals surface area contributed by atoms with Crippen LogP contribution < -0.4 is 4.90 Å². The van der Waals surface area contributed by atoms with Crippen LogP contribution in [-0.4, -0.2) is 41.6 Å². The summed E-state index contributed by atoms with van der Waals surface area (Å²) in [5, 5.41) is 0. The summed E-state index contributed by atoms with van der Waals surface area (Å²) in [7, 11) is 0. The lowest BCUT2D eigenvalue weighted by Crippen LogP contribution is -2.48. The first-order valence-electron chi connectivity index (χ1n) is 9.95. The molecule has 2 heterocycles. The Balaban J connectivity index is 1.64. The van der Waals surface area contributed by atoms with Crippen molar-refractivity contribution >= 4 is 28.9 Å². The van der Waals surface area contributed by atoms with E-state index < -0.39 is 0 Å². The topological polar surface area (TPSA) is 53.0 Å². The lowest BCUT2D eigenvalue weighted by atomic mass is 10.0. The predicted octanol–water partition coefficient (Wildman–Crippen LogP) is 3.95. The molecule has 0 aliphatic carbocycles. The molecule has 5 nitrogen and oxygen atoms in total. The smallest absolute Gasteiger partial charge is 0.242 e. The molecule has 1 saturated heterocycles. The summed E-state index contributed by atoms with van der Waals surface area (Å²) in [6.07, 6.45) is 3.39. The van der Waals surface area contributed by atoms with Gasteiger partial charge in [0.1, 0.15) is 6.54 Å². The molecule has 28 heavy (non-hydrogen) atoms. The Morgan fingerprint density at radius 1 is 1.07 bits per heavy atom. The van der Waals surface area contributed by atoms with Gasteiger partial charge < -0.3 is 9.80 Å². The average molecular weight is 375 g/mol. The van der Waals surface area contributed by atoms with Gasteiger partial charge >= 0.3 is 0 Å². The molecule has 1 fully saturated rings. The number of piperidine rings is 1. The monoisotopic (exact) mass is 375 g/mol. The second kappa shape index (κ2) is 7.97. The second-order valence-corrected chi connectivity index (χ2v) is 7.50. The van der Waals surface area contributed by atoms with Crippen molar-refractivity contribution in [1.29, 1.82) is 0 Å². The third-order valence-electron chi connectivity index (χ3n) is 5.57. The number of benzene rings is 2. The molecule has 0 spiro atoms. The van der Waals surface area contributed by atoms with Gasteiger partial charge in [-0.1, -0.05) is 42.5 Å². The molecular weight excluding hydrogens is 350 g/mol. The van der Waals surface area contributed by atoms with Gasteiger partial charge in [-0.3, -0.25) is 14.6 Å². The van der Waals surface area contributed by atoms with E-state index in [4.69, 9.17) is 4.99 Å². The summed E-state index contributed by atoms with van der Waals surface area (Å²) in [6.45, 7) is 2.93. The van der Waals surface area contributed by atoms with Crippen LogP contribution in [-0.2, 0) is 9.59 Å². The fourth-order valence-electron chi connectivity index (χ4n) is 4.01. The Morgan fingerprint density at radius 3 is 2.61 bits per heavy atom. The van der Waals surface area contributed by atoms with Crippen molar-refractivity contribution in [2.24, 2.45) is 4.99 Å². The van der Waals surface area contributed by atoms with Gasteiger partial charge in [0, 0.05) is 12.6 Å². The maximum atomic E-state index is 13.1. The van der Waals surface area contributed by atoms with Gasteiger partial charge in [0.2, 0.25) is 11.8 Å². The molecule has 2 aromatic rings. The van der Waals surface area contributed by atoms with Crippen LogP contribution in [0.5, 0.6) is 0 Å². The number of carbonyl (C=O) groups excluding carboxylic acids is 2. The van der Waals surface area contributed by atoms with Crippen LogP contribution in [0.2, 0.25) is 0 Å². The van der Waals surface area contributed by atoms with Gasteiger partial charge in [0.25, 0.3) is 0 Å². The first kappa shape index (κ1) is 18.4. The molecule has 2 amide bonds. The molecule has 1 atom stereocenters. The van der Waals surface area contributed by atoms with Gasteiger partial charge in [-0.2, -0.15) is 0 Å². The molecule has 0 N–H and O–H groups in total. The number of amides is 2. The maximum absolute atomic E-state index is 13.1. The summed E-state index contributed by atoms with van der Waals surface area (Å²) in [5.74, 6) is -0.0796. The molecule has 2 aliphatic heterocycles. The number of rotatable bonds is 3. The SMILES string of the molecule is CC1CCCCN1C(=O)CN1C(=O)CC(c2ccccc2)=Nc2ccccc21. The van der Waals surface area contributed by atoms with Crippen molar-refractivity contribution in [3.63, 3.8) is 0 Å². The van der Waals surface area contributed by atoms with Crippen LogP contribution in [0.4, 0.5) is 11.4 Å². The number of para-hydroxylation sites is 2. The number of likely N-dealkylation sites (tertiary alicyclic amines) is 1. The molecule has 2 aliphatic rings. The summed E-state index contributed by atoms with van der Waals surface area (Å²) < 4.78 is 0. The van der Waals surface area contributed by atoms with Gasteiger partial charge in [-0.25, -0.2) is 0 Å². The van der Waals surface area contributed by atoms with Crippen molar-refractivity contribution in [3.05, 3.63) is 60.2 Å². The molecule has 0 saturated carbocycles. The summed E-state index contributed by atoms with van der Waals surface area (Å²) in [6, 6.07) is 17.6. The van der Waals surface area contributed by atoms with E-state index in [1.54, 1.807) is 4.90 Å². The van der Waals surface area contributed by atoms with E-state index in [9.17, 15) is 9.59 Å². The summed E-state index contributed by atoms with van der Waals surface area (Å²) in [5.41, 5.74) is 3.10. The van der Waals surface area contributed by atoms with Crippen molar-refractivity contribution in [2.45, 2.75) is 38.6 Å². The highest BCUT2D eigenvalue weighted by Crippen LogP contribution is 2.33. The first-order valence-corrected chi connectivity index (χ1v) is 9.95. The fourth-order valence-corrected chi connectivity index (χ4v) is 4.01. The zero-order valence-electron chi connectivity index (χ0n) is 16.2. The van der Waals surface area contributed by atoms with Gasteiger partial charge in [-0.15, -0.1) is 0 Å². The largest absolute Gasteiger partial charge is 0.338 e. The van der Waals surface area contributed by atoms with Gasteiger partial charge in [-0.05, 0) is 43.9 Å². The Labute approximate surface area is 165 Å². The number of aliphatic imine (C=N–C) groups is 1. The first-order chi connectivity index (χ1) is 13.6. The molecule has 5 heteroatoms. The quantitative estimate of drug-likeness (QED) is 0.816. The van der Waals surface area contributed by atoms with Crippen molar-refractivity contribution in [1.82, 2.24) is 4.90 Å². The molecule has 0 bridgehead atoms. The van der Waals surface area contributed by atoms with E-state index in [-0.39, 0.29) is 30.8 Å². The highest BCUT2D eigenvalue weighted by atomic mass is 16.2. The van der Waals surface area contributed by atoms with Crippen molar-refractivity contribution in [3.8, 4) is 0 Å². The van der Waals surface area contributed by atoms with Gasteiger partial charge in [0.05, 0.1) is 23.5 Å². The highest BCUT2D eigenvalue weighted by Gasteiger charge is 2.30. The number of hydrogen-bond donors (Lipinski definition) is 0. The molecule has 2 aromatic carbocycles. The molecule has 0 radical (unpaired) electrons. The normalized spacial score (nSPS) is 19.7. The number of hydrogen-bond acceptors (Lipinski definition) is 3.